The number of methoxy groups -OCH3 is 1. The summed E-state index contributed by atoms with van der Waals surface area (Å²) in [6, 6.07) is 9.10. The molecule has 0 N–H and O–H groups in total. The van der Waals surface area contributed by atoms with E-state index in [1.54, 1.807) is 29.9 Å². The molecule has 0 saturated carbocycles. The van der Waals surface area contributed by atoms with Gasteiger partial charge < -0.3 is 19.3 Å². The molecule has 8 nitrogen and oxygen atoms in total. The molecule has 1 saturated heterocycles. The van der Waals surface area contributed by atoms with Crippen LogP contribution in [0.3, 0.4) is 0 Å². The van der Waals surface area contributed by atoms with Crippen LogP contribution in [0.25, 0.3) is 5.57 Å². The van der Waals surface area contributed by atoms with E-state index in [0.717, 1.165) is 47.4 Å². The summed E-state index contributed by atoms with van der Waals surface area (Å²) in [6.07, 6.45) is -1.66. The Labute approximate surface area is 257 Å². The first-order chi connectivity index (χ1) is 20.6. The van der Waals surface area contributed by atoms with E-state index in [0.29, 0.717) is 29.3 Å². The number of halogens is 3. The number of allylic oxidation sites excluding steroid dienone is 1. The Balaban J connectivity index is 1.75. The first-order valence-corrected chi connectivity index (χ1v) is 14.5. The first-order valence-electron chi connectivity index (χ1n) is 14.5. The van der Waals surface area contributed by atoms with E-state index >= 15 is 0 Å². The summed E-state index contributed by atoms with van der Waals surface area (Å²) >= 11 is 0. The van der Waals surface area contributed by atoms with Gasteiger partial charge >= 0.3 is 12.3 Å². The molecule has 236 valence electrons. The maximum absolute atomic E-state index is 13.6. The third-order valence-corrected chi connectivity index (χ3v) is 8.42. The average Bonchev–Trinajstić information content (AvgIpc) is 3.22. The van der Waals surface area contributed by atoms with Crippen LogP contribution in [0, 0.1) is 23.8 Å². The standard InChI is InChI=1S/C33H40F3N5O3/c1-20-13-22(15-24(14-20)33(34,35)36)29-21(2)41(31(42)44-29)18-23-17-32(3,4)12-11-26(23)27-16-25(9-10-28(27)43-8)40(7)30(38-19-37)39(5)6/h9-10,13-16,21,29H,11-12,17-18H2,1-8H3/b38-30+/t21-,29-/m0/s1. The lowest BCUT2D eigenvalue weighted by Crippen LogP contribution is -2.38. The van der Waals surface area contributed by atoms with Crippen molar-refractivity contribution in [1.82, 2.24) is 9.80 Å². The van der Waals surface area contributed by atoms with E-state index in [-0.39, 0.29) is 12.0 Å². The molecule has 2 aliphatic rings. The summed E-state index contributed by atoms with van der Waals surface area (Å²) in [5.41, 5.74) is 3.76. The molecule has 4 rings (SSSR count). The highest BCUT2D eigenvalue weighted by atomic mass is 19.4. The van der Waals surface area contributed by atoms with Crippen LogP contribution in [0.2, 0.25) is 0 Å². The molecule has 11 heteroatoms. The Morgan fingerprint density at radius 1 is 1.20 bits per heavy atom. The summed E-state index contributed by atoms with van der Waals surface area (Å²) in [6.45, 7) is 8.06. The number of cyclic esters (lactones) is 1. The summed E-state index contributed by atoms with van der Waals surface area (Å²) in [5.74, 6) is 1.14. The molecule has 1 aliphatic carbocycles. The van der Waals surface area contributed by atoms with Gasteiger partial charge in [-0.2, -0.15) is 18.4 Å². The van der Waals surface area contributed by atoms with Gasteiger partial charge in [0, 0.05) is 38.9 Å². The molecule has 0 bridgehead atoms. The van der Waals surface area contributed by atoms with E-state index in [1.165, 1.54) is 0 Å². The summed E-state index contributed by atoms with van der Waals surface area (Å²) in [4.78, 5) is 22.4. The Bertz CT molecular complexity index is 1520. The number of rotatable bonds is 6. The molecule has 0 aromatic heterocycles. The number of nitriles is 1. The Kier molecular flexibility index (Phi) is 9.24. The van der Waals surface area contributed by atoms with Crippen LogP contribution >= 0.6 is 0 Å². The van der Waals surface area contributed by atoms with Crippen molar-refractivity contribution in [3.63, 3.8) is 0 Å². The van der Waals surface area contributed by atoms with Gasteiger partial charge in [0.1, 0.15) is 11.9 Å². The highest BCUT2D eigenvalue weighted by Gasteiger charge is 2.42. The fourth-order valence-corrected chi connectivity index (χ4v) is 6.17. The summed E-state index contributed by atoms with van der Waals surface area (Å²) < 4.78 is 52.2. The van der Waals surface area contributed by atoms with E-state index in [1.807, 2.05) is 57.4 Å². The van der Waals surface area contributed by atoms with Gasteiger partial charge in [-0.3, -0.25) is 4.90 Å². The molecule has 1 heterocycles. The van der Waals surface area contributed by atoms with Gasteiger partial charge in [-0.15, -0.1) is 4.99 Å². The average molecular weight is 612 g/mol. The van der Waals surface area contributed by atoms with Gasteiger partial charge in [0.05, 0.1) is 18.7 Å². The number of nitrogens with zero attached hydrogens (tertiary/aromatic N) is 5. The third-order valence-electron chi connectivity index (χ3n) is 8.42. The highest BCUT2D eigenvalue weighted by Crippen LogP contribution is 2.46. The number of hydrogen-bond acceptors (Lipinski definition) is 5. The largest absolute Gasteiger partial charge is 0.496 e. The zero-order chi connectivity index (χ0) is 32.6. The van der Waals surface area contributed by atoms with Crippen LogP contribution in [-0.4, -0.2) is 62.7 Å². The minimum Gasteiger partial charge on any atom is -0.496 e. The molecule has 2 atom stereocenters. The third kappa shape index (κ3) is 6.79. The van der Waals surface area contributed by atoms with Gasteiger partial charge in [-0.25, -0.2) is 4.79 Å². The van der Waals surface area contributed by atoms with E-state index in [9.17, 15) is 23.2 Å². The second-order valence-corrected chi connectivity index (χ2v) is 12.6. The monoisotopic (exact) mass is 611 g/mol. The normalized spacial score (nSPS) is 20.4. The number of carbonyl (C=O) groups is 1. The van der Waals surface area contributed by atoms with E-state index in [2.05, 4.69) is 18.8 Å². The van der Waals surface area contributed by atoms with Gasteiger partial charge in [-0.05, 0) is 85.6 Å². The minimum atomic E-state index is -4.50. The molecule has 2 aromatic carbocycles. The summed E-state index contributed by atoms with van der Waals surface area (Å²) in [5, 5.41) is 9.23. The molecule has 0 unspecified atom stereocenters. The number of benzene rings is 2. The fourth-order valence-electron chi connectivity index (χ4n) is 6.17. The number of carbonyl (C=O) groups excluding carboxylic acids is 1. The number of amides is 1. The molecule has 44 heavy (non-hydrogen) atoms. The van der Waals surface area contributed by atoms with Crippen molar-refractivity contribution in [2.24, 2.45) is 10.4 Å². The smallest absolute Gasteiger partial charge is 0.416 e. The van der Waals surface area contributed by atoms with Crippen molar-refractivity contribution in [2.75, 3.05) is 39.7 Å². The van der Waals surface area contributed by atoms with Crippen molar-refractivity contribution in [3.8, 4) is 11.9 Å². The Hall–Kier alpha value is -4.20. The van der Waals surface area contributed by atoms with Crippen molar-refractivity contribution < 1.29 is 27.4 Å². The minimum absolute atomic E-state index is 0.0254. The predicted octanol–water partition coefficient (Wildman–Crippen LogP) is 7.40. The van der Waals surface area contributed by atoms with Crippen molar-refractivity contribution in [3.05, 3.63) is 64.2 Å². The molecular formula is C33H40F3N5O3. The molecule has 1 fully saturated rings. The molecule has 0 radical (unpaired) electrons. The number of anilines is 1. The second-order valence-electron chi connectivity index (χ2n) is 12.6. The number of aliphatic imine (C=N–C) groups is 1. The lowest BCUT2D eigenvalue weighted by Gasteiger charge is -2.36. The SMILES string of the molecule is COc1ccc(N(C)/C(=N/C#N)N(C)C)cc1C1=C(CN2C(=O)O[C@H](c3cc(C)cc(C(F)(F)F)c3)[C@@H]2C)CC(C)(C)CC1. The van der Waals surface area contributed by atoms with Crippen LogP contribution in [0.4, 0.5) is 23.7 Å². The lowest BCUT2D eigenvalue weighted by molar-refractivity contribution is -0.137. The number of aryl methyl sites for hydroxylation is 1. The number of guanidine groups is 1. The fraction of sp³-hybridized carbons (Fsp3) is 0.485. The van der Waals surface area contributed by atoms with Gasteiger partial charge in [0.25, 0.3) is 0 Å². The van der Waals surface area contributed by atoms with Crippen LogP contribution in [0.1, 0.15) is 68.4 Å². The Morgan fingerprint density at radius 3 is 2.52 bits per heavy atom. The quantitative estimate of drug-likeness (QED) is 0.192. The molecule has 1 aliphatic heterocycles. The van der Waals surface area contributed by atoms with Gasteiger partial charge in [-0.1, -0.05) is 25.5 Å². The van der Waals surface area contributed by atoms with Crippen LogP contribution in [0.15, 0.2) is 47.0 Å². The predicted molar refractivity (Wildman–Crippen MR) is 164 cm³/mol. The molecule has 0 spiro atoms. The maximum Gasteiger partial charge on any atom is 0.416 e. The zero-order valence-electron chi connectivity index (χ0n) is 26.5. The molecule has 1 amide bonds. The lowest BCUT2D eigenvalue weighted by atomic mass is 9.72. The summed E-state index contributed by atoms with van der Waals surface area (Å²) in [7, 11) is 7.06. The molecular weight excluding hydrogens is 571 g/mol. The van der Waals surface area contributed by atoms with Crippen LogP contribution < -0.4 is 9.64 Å². The van der Waals surface area contributed by atoms with Gasteiger partial charge in [0.15, 0.2) is 0 Å². The van der Waals surface area contributed by atoms with Gasteiger partial charge in [0.2, 0.25) is 12.2 Å². The highest BCUT2D eigenvalue weighted by molar-refractivity contribution is 5.96. The topological polar surface area (TPSA) is 81.4 Å². The van der Waals surface area contributed by atoms with Crippen molar-refractivity contribution in [2.45, 2.75) is 65.3 Å². The zero-order valence-corrected chi connectivity index (χ0v) is 26.5. The van der Waals surface area contributed by atoms with E-state index < -0.39 is 30.0 Å². The van der Waals surface area contributed by atoms with Crippen LogP contribution in [-0.2, 0) is 10.9 Å². The first kappa shape index (κ1) is 32.7. The number of hydrogen-bond donors (Lipinski definition) is 0. The second kappa shape index (κ2) is 12.4. The maximum atomic E-state index is 13.6. The van der Waals surface area contributed by atoms with Crippen molar-refractivity contribution >= 4 is 23.3 Å². The van der Waals surface area contributed by atoms with E-state index in [4.69, 9.17) is 9.47 Å². The van der Waals surface area contributed by atoms with Crippen molar-refractivity contribution in [1.29, 1.82) is 5.26 Å². The number of alkyl halides is 3. The van der Waals surface area contributed by atoms with Crippen LogP contribution in [0.5, 0.6) is 5.75 Å². The Morgan fingerprint density at radius 2 is 1.91 bits per heavy atom. The number of ether oxygens (including phenoxy) is 2. The molecule has 2 aromatic rings.